The molecular formula is C20H25N3O6. The van der Waals surface area contributed by atoms with Crippen LogP contribution in [0.2, 0.25) is 0 Å². The highest BCUT2D eigenvalue weighted by molar-refractivity contribution is 6.15. The lowest BCUT2D eigenvalue weighted by molar-refractivity contribution is -0.222. The summed E-state index contributed by atoms with van der Waals surface area (Å²) in [7, 11) is 0. The topological polar surface area (TPSA) is 106 Å². The number of esters is 2. The Morgan fingerprint density at radius 1 is 1.14 bits per heavy atom. The van der Waals surface area contributed by atoms with E-state index in [9.17, 15) is 14.4 Å². The number of morpholine rings is 1. The first-order chi connectivity index (χ1) is 13.9. The number of carbonyl (C=O) groups excluding carboxylic acids is 3. The zero-order valence-corrected chi connectivity index (χ0v) is 16.5. The summed E-state index contributed by atoms with van der Waals surface area (Å²) in [6.45, 7) is 7.31. The van der Waals surface area contributed by atoms with Crippen molar-refractivity contribution < 1.29 is 28.6 Å². The highest BCUT2D eigenvalue weighted by Gasteiger charge is 2.39. The largest absolute Gasteiger partial charge is 0.419 e. The molecule has 0 unspecified atom stereocenters. The van der Waals surface area contributed by atoms with Crippen LogP contribution in [-0.4, -0.2) is 67.9 Å². The van der Waals surface area contributed by atoms with Gasteiger partial charge in [0.15, 0.2) is 5.57 Å². The number of benzene rings is 1. The van der Waals surface area contributed by atoms with Crippen LogP contribution in [0.5, 0.6) is 0 Å². The maximum Gasteiger partial charge on any atom is 0.350 e. The van der Waals surface area contributed by atoms with Gasteiger partial charge >= 0.3 is 11.9 Å². The summed E-state index contributed by atoms with van der Waals surface area (Å²) < 4.78 is 15.4. The van der Waals surface area contributed by atoms with E-state index in [0.717, 1.165) is 19.6 Å². The van der Waals surface area contributed by atoms with Crippen LogP contribution in [0.25, 0.3) is 0 Å². The molecule has 1 amide bonds. The van der Waals surface area contributed by atoms with E-state index in [0.29, 0.717) is 31.0 Å². The molecule has 2 N–H and O–H groups in total. The first-order valence-corrected chi connectivity index (χ1v) is 9.46. The summed E-state index contributed by atoms with van der Waals surface area (Å²) in [6.07, 6.45) is 1.19. The Bertz CT molecular complexity index is 792. The van der Waals surface area contributed by atoms with E-state index >= 15 is 0 Å². The van der Waals surface area contributed by atoms with E-state index in [1.807, 2.05) is 0 Å². The van der Waals surface area contributed by atoms with Crippen LogP contribution in [0.15, 0.2) is 36.0 Å². The van der Waals surface area contributed by atoms with E-state index in [4.69, 9.17) is 14.2 Å². The number of nitrogens with one attached hydrogen (secondary N) is 2. The van der Waals surface area contributed by atoms with Crippen molar-refractivity contribution in [2.75, 3.05) is 44.7 Å². The van der Waals surface area contributed by atoms with Gasteiger partial charge in [-0.05, 0) is 12.1 Å². The SMILES string of the molecule is CC1(C)OC(=O)C(=CNc2ccccc2C(=O)NCCN2CCOCC2)C(=O)O1. The highest BCUT2D eigenvalue weighted by atomic mass is 16.7. The van der Waals surface area contributed by atoms with Gasteiger partial charge in [-0.25, -0.2) is 9.59 Å². The average Bonchev–Trinajstić information content (AvgIpc) is 2.67. The van der Waals surface area contributed by atoms with Crippen LogP contribution in [0.4, 0.5) is 5.69 Å². The normalized spacial score (nSPS) is 19.2. The molecule has 156 valence electrons. The second-order valence-corrected chi connectivity index (χ2v) is 7.14. The fourth-order valence-electron chi connectivity index (χ4n) is 2.98. The van der Waals surface area contributed by atoms with E-state index in [1.54, 1.807) is 24.3 Å². The second-order valence-electron chi connectivity index (χ2n) is 7.14. The number of hydrogen-bond acceptors (Lipinski definition) is 8. The minimum atomic E-state index is -1.30. The molecule has 2 heterocycles. The smallest absolute Gasteiger partial charge is 0.350 e. The van der Waals surface area contributed by atoms with Gasteiger partial charge in [0.25, 0.3) is 11.7 Å². The number of para-hydroxylation sites is 1. The number of nitrogens with zero attached hydrogens (tertiary/aromatic N) is 1. The predicted molar refractivity (Wildman–Crippen MR) is 104 cm³/mol. The summed E-state index contributed by atoms with van der Waals surface area (Å²) in [5.41, 5.74) is 0.574. The van der Waals surface area contributed by atoms with E-state index in [1.165, 1.54) is 20.0 Å². The lowest BCUT2D eigenvalue weighted by atomic mass is 10.1. The van der Waals surface area contributed by atoms with Crippen molar-refractivity contribution >= 4 is 23.5 Å². The molecule has 0 aromatic heterocycles. The molecule has 2 aliphatic rings. The first kappa shape index (κ1) is 20.8. The van der Waals surface area contributed by atoms with Gasteiger partial charge < -0.3 is 24.8 Å². The van der Waals surface area contributed by atoms with Crippen LogP contribution in [0.1, 0.15) is 24.2 Å². The third-order valence-electron chi connectivity index (χ3n) is 4.48. The molecule has 2 aliphatic heterocycles. The number of hydrogen-bond donors (Lipinski definition) is 2. The number of cyclic esters (lactones) is 2. The summed E-state index contributed by atoms with van der Waals surface area (Å²) in [4.78, 5) is 38.9. The molecule has 0 atom stereocenters. The summed E-state index contributed by atoms with van der Waals surface area (Å²) in [6, 6.07) is 6.82. The Kier molecular flexibility index (Phi) is 6.50. The van der Waals surface area contributed by atoms with Crippen LogP contribution < -0.4 is 10.6 Å². The Hall–Kier alpha value is -2.91. The van der Waals surface area contributed by atoms with Gasteiger partial charge in [-0.1, -0.05) is 12.1 Å². The summed E-state index contributed by atoms with van der Waals surface area (Å²) in [5.74, 6) is -3.13. The van der Waals surface area contributed by atoms with Gasteiger partial charge in [0.2, 0.25) is 0 Å². The van der Waals surface area contributed by atoms with Crippen molar-refractivity contribution in [3.63, 3.8) is 0 Å². The molecule has 3 rings (SSSR count). The third-order valence-corrected chi connectivity index (χ3v) is 4.48. The van der Waals surface area contributed by atoms with Crippen molar-refractivity contribution in [3.05, 3.63) is 41.6 Å². The van der Waals surface area contributed by atoms with Crippen molar-refractivity contribution in [2.45, 2.75) is 19.6 Å². The minimum absolute atomic E-state index is 0.255. The first-order valence-electron chi connectivity index (χ1n) is 9.46. The number of ether oxygens (including phenoxy) is 3. The second kappa shape index (κ2) is 9.06. The van der Waals surface area contributed by atoms with Crippen molar-refractivity contribution in [3.8, 4) is 0 Å². The van der Waals surface area contributed by atoms with Crippen molar-refractivity contribution in [2.24, 2.45) is 0 Å². The third kappa shape index (κ3) is 5.55. The van der Waals surface area contributed by atoms with Crippen LogP contribution in [0.3, 0.4) is 0 Å². The molecule has 9 heteroatoms. The van der Waals surface area contributed by atoms with Gasteiger partial charge in [0.1, 0.15) is 0 Å². The Balaban J connectivity index is 1.62. The van der Waals surface area contributed by atoms with Crippen LogP contribution in [-0.2, 0) is 23.8 Å². The fourth-order valence-corrected chi connectivity index (χ4v) is 2.98. The van der Waals surface area contributed by atoms with Gasteiger partial charge in [-0.15, -0.1) is 0 Å². The number of rotatable bonds is 6. The molecule has 1 aromatic rings. The van der Waals surface area contributed by atoms with E-state index in [2.05, 4.69) is 15.5 Å². The monoisotopic (exact) mass is 403 g/mol. The van der Waals surface area contributed by atoms with Crippen LogP contribution >= 0.6 is 0 Å². The molecule has 1 aromatic carbocycles. The van der Waals surface area contributed by atoms with E-state index < -0.39 is 17.7 Å². The van der Waals surface area contributed by atoms with Gasteiger partial charge in [-0.3, -0.25) is 9.69 Å². The Labute approximate surface area is 169 Å². The maximum absolute atomic E-state index is 12.6. The van der Waals surface area contributed by atoms with Crippen LogP contribution in [0, 0.1) is 0 Å². The van der Waals surface area contributed by atoms with Crippen molar-refractivity contribution in [1.82, 2.24) is 10.2 Å². The Morgan fingerprint density at radius 3 is 2.48 bits per heavy atom. The number of carbonyl (C=O) groups is 3. The van der Waals surface area contributed by atoms with Gasteiger partial charge in [0, 0.05) is 46.2 Å². The average molecular weight is 403 g/mol. The lowest BCUT2D eigenvalue weighted by Gasteiger charge is -2.29. The quantitative estimate of drug-likeness (QED) is 0.410. The summed E-state index contributed by atoms with van der Waals surface area (Å²) in [5, 5.41) is 5.73. The zero-order valence-electron chi connectivity index (χ0n) is 16.5. The molecule has 2 fully saturated rings. The molecule has 0 bridgehead atoms. The predicted octanol–water partition coefficient (Wildman–Crippen LogP) is 0.881. The zero-order chi connectivity index (χ0) is 20.9. The van der Waals surface area contributed by atoms with Gasteiger partial charge in [0.05, 0.1) is 24.5 Å². The Morgan fingerprint density at radius 2 is 1.79 bits per heavy atom. The molecular weight excluding hydrogens is 378 g/mol. The maximum atomic E-state index is 12.6. The number of anilines is 1. The highest BCUT2D eigenvalue weighted by Crippen LogP contribution is 2.23. The van der Waals surface area contributed by atoms with Gasteiger partial charge in [-0.2, -0.15) is 0 Å². The lowest BCUT2D eigenvalue weighted by Crippen LogP contribution is -2.42. The molecule has 9 nitrogen and oxygen atoms in total. The minimum Gasteiger partial charge on any atom is -0.419 e. The standard InChI is InChI=1S/C20H25N3O6/c1-20(2)28-18(25)15(19(26)29-20)13-22-16-6-4-3-5-14(16)17(24)21-7-8-23-9-11-27-12-10-23/h3-6,13,22H,7-12H2,1-2H3,(H,21,24). The van der Waals surface area contributed by atoms with Crippen molar-refractivity contribution in [1.29, 1.82) is 0 Å². The molecule has 0 spiro atoms. The summed E-state index contributed by atoms with van der Waals surface area (Å²) >= 11 is 0. The number of amides is 1. The molecule has 0 radical (unpaired) electrons. The molecule has 29 heavy (non-hydrogen) atoms. The molecule has 0 saturated carbocycles. The molecule has 0 aliphatic carbocycles. The molecule has 2 saturated heterocycles. The van der Waals surface area contributed by atoms with E-state index in [-0.39, 0.29) is 11.5 Å². The fraction of sp³-hybridized carbons (Fsp3) is 0.450.